The Morgan fingerprint density at radius 3 is 2.69 bits per heavy atom. The molecular weight excluding hydrogens is 214 g/mol. The summed E-state index contributed by atoms with van der Waals surface area (Å²) in [6.45, 7) is 3.49. The molecule has 0 bridgehead atoms. The lowest BCUT2D eigenvalue weighted by molar-refractivity contribution is 0.404. The normalized spacial score (nSPS) is 20.6. The zero-order chi connectivity index (χ0) is 11.2. The molecule has 1 aliphatic carbocycles. The molecule has 0 saturated heterocycles. The minimum Gasteiger partial charge on any atom is -0.309 e. The number of rotatable bonds is 4. The number of nitrogens with one attached hydrogen (secondary N) is 1. The van der Waals surface area contributed by atoms with Gasteiger partial charge in [0.15, 0.2) is 0 Å². The van der Waals surface area contributed by atoms with E-state index in [9.17, 15) is 0 Å². The maximum atomic E-state index is 3.69. The zero-order valence-electron chi connectivity index (χ0n) is 10.2. The maximum absolute atomic E-state index is 3.69. The molecule has 1 unspecified atom stereocenters. The fraction of sp³-hybridized carbons (Fsp3) is 0.714. The van der Waals surface area contributed by atoms with Gasteiger partial charge in [-0.2, -0.15) is 0 Å². The second kappa shape index (κ2) is 6.41. The Balaban J connectivity index is 1.73. The first-order valence-electron chi connectivity index (χ1n) is 6.63. The summed E-state index contributed by atoms with van der Waals surface area (Å²) < 4.78 is 0. The molecular formula is C14H23NS. The summed E-state index contributed by atoms with van der Waals surface area (Å²) in [6, 6.07) is 4.91. The predicted molar refractivity (Wildman–Crippen MR) is 71.9 cm³/mol. The third-order valence-corrected chi connectivity index (χ3v) is 4.71. The van der Waals surface area contributed by atoms with Crippen LogP contribution in [-0.2, 0) is 0 Å². The number of hydrogen-bond donors (Lipinski definition) is 1. The van der Waals surface area contributed by atoms with E-state index in [0.717, 1.165) is 5.92 Å². The van der Waals surface area contributed by atoms with Crippen molar-refractivity contribution >= 4 is 11.3 Å². The Hall–Kier alpha value is -0.340. The molecule has 16 heavy (non-hydrogen) atoms. The van der Waals surface area contributed by atoms with Gasteiger partial charge in [-0.25, -0.2) is 0 Å². The fourth-order valence-corrected chi connectivity index (χ4v) is 3.31. The van der Waals surface area contributed by atoms with Gasteiger partial charge in [-0.1, -0.05) is 31.7 Å². The minimum atomic E-state index is 0.531. The largest absolute Gasteiger partial charge is 0.309 e. The van der Waals surface area contributed by atoms with Gasteiger partial charge >= 0.3 is 0 Å². The molecule has 1 heterocycles. The van der Waals surface area contributed by atoms with Crippen LogP contribution in [0, 0.1) is 5.92 Å². The van der Waals surface area contributed by atoms with Crippen molar-refractivity contribution in [2.45, 2.75) is 51.5 Å². The molecule has 0 aliphatic heterocycles. The molecule has 0 amide bonds. The number of hydrogen-bond acceptors (Lipinski definition) is 2. The van der Waals surface area contributed by atoms with Crippen molar-refractivity contribution in [1.29, 1.82) is 0 Å². The predicted octanol–water partition coefficient (Wildman–Crippen LogP) is 4.37. The van der Waals surface area contributed by atoms with Crippen LogP contribution in [0.1, 0.15) is 56.4 Å². The van der Waals surface area contributed by atoms with Crippen molar-refractivity contribution in [3.8, 4) is 0 Å². The van der Waals surface area contributed by atoms with Crippen molar-refractivity contribution in [2.75, 3.05) is 6.54 Å². The van der Waals surface area contributed by atoms with E-state index in [1.54, 1.807) is 0 Å². The zero-order valence-corrected chi connectivity index (χ0v) is 11.1. The van der Waals surface area contributed by atoms with E-state index in [4.69, 9.17) is 0 Å². The Labute approximate surface area is 103 Å². The second-order valence-corrected chi connectivity index (χ2v) is 5.98. The van der Waals surface area contributed by atoms with Gasteiger partial charge in [0.25, 0.3) is 0 Å². The summed E-state index contributed by atoms with van der Waals surface area (Å²) in [5.41, 5.74) is 0. The Morgan fingerprint density at radius 1 is 1.31 bits per heavy atom. The first-order chi connectivity index (χ1) is 7.86. The molecule has 1 aromatic rings. The van der Waals surface area contributed by atoms with E-state index >= 15 is 0 Å². The van der Waals surface area contributed by atoms with Gasteiger partial charge in [-0.15, -0.1) is 11.3 Å². The Kier molecular flexibility index (Phi) is 4.86. The van der Waals surface area contributed by atoms with Crippen molar-refractivity contribution in [3.05, 3.63) is 22.4 Å². The standard InChI is InChI=1S/C14H23NS/c1-12(14-9-6-10-16-14)15-11-13-7-4-2-3-5-8-13/h6,9-10,12-13,15H,2-5,7-8,11H2,1H3. The highest BCUT2D eigenvalue weighted by Gasteiger charge is 2.13. The van der Waals surface area contributed by atoms with Gasteiger partial charge in [-0.05, 0) is 43.7 Å². The van der Waals surface area contributed by atoms with Crippen molar-refractivity contribution in [2.24, 2.45) is 5.92 Å². The van der Waals surface area contributed by atoms with Gasteiger partial charge in [-0.3, -0.25) is 0 Å². The highest BCUT2D eigenvalue weighted by molar-refractivity contribution is 7.10. The lowest BCUT2D eigenvalue weighted by Crippen LogP contribution is -2.25. The van der Waals surface area contributed by atoms with Gasteiger partial charge in [0, 0.05) is 10.9 Å². The number of thiophene rings is 1. The van der Waals surface area contributed by atoms with E-state index in [0.29, 0.717) is 6.04 Å². The van der Waals surface area contributed by atoms with Crippen LogP contribution in [0.3, 0.4) is 0 Å². The summed E-state index contributed by atoms with van der Waals surface area (Å²) in [5, 5.41) is 5.86. The molecule has 1 aromatic heterocycles. The van der Waals surface area contributed by atoms with Crippen LogP contribution in [0.4, 0.5) is 0 Å². The van der Waals surface area contributed by atoms with E-state index in [2.05, 4.69) is 29.8 Å². The van der Waals surface area contributed by atoms with Crippen molar-refractivity contribution < 1.29 is 0 Å². The molecule has 0 radical (unpaired) electrons. The molecule has 0 spiro atoms. The average molecular weight is 237 g/mol. The SMILES string of the molecule is CC(NCC1CCCCCC1)c1cccs1. The van der Waals surface area contributed by atoms with Gasteiger partial charge < -0.3 is 5.32 Å². The van der Waals surface area contributed by atoms with Crippen molar-refractivity contribution in [1.82, 2.24) is 5.32 Å². The van der Waals surface area contributed by atoms with Crippen LogP contribution in [0.15, 0.2) is 17.5 Å². The average Bonchev–Trinajstić information content (AvgIpc) is 2.71. The van der Waals surface area contributed by atoms with Gasteiger partial charge in [0.1, 0.15) is 0 Å². The van der Waals surface area contributed by atoms with Crippen LogP contribution in [0.2, 0.25) is 0 Å². The first-order valence-corrected chi connectivity index (χ1v) is 7.51. The molecule has 1 N–H and O–H groups in total. The highest BCUT2D eigenvalue weighted by Crippen LogP contribution is 2.24. The van der Waals surface area contributed by atoms with Crippen LogP contribution in [0.25, 0.3) is 0 Å². The second-order valence-electron chi connectivity index (χ2n) is 5.00. The summed E-state index contributed by atoms with van der Waals surface area (Å²) in [7, 11) is 0. The molecule has 1 fully saturated rings. The fourth-order valence-electron chi connectivity index (χ4n) is 2.55. The molecule has 90 valence electrons. The first kappa shape index (κ1) is 12.1. The third-order valence-electron chi connectivity index (χ3n) is 3.66. The molecule has 1 saturated carbocycles. The van der Waals surface area contributed by atoms with Crippen LogP contribution >= 0.6 is 11.3 Å². The molecule has 2 rings (SSSR count). The topological polar surface area (TPSA) is 12.0 Å². The van der Waals surface area contributed by atoms with Gasteiger partial charge in [0.2, 0.25) is 0 Å². The molecule has 1 nitrogen and oxygen atoms in total. The van der Waals surface area contributed by atoms with E-state index < -0.39 is 0 Å². The highest BCUT2D eigenvalue weighted by atomic mass is 32.1. The van der Waals surface area contributed by atoms with Gasteiger partial charge in [0.05, 0.1) is 0 Å². The van der Waals surface area contributed by atoms with E-state index in [1.165, 1.54) is 49.9 Å². The smallest absolute Gasteiger partial charge is 0.0386 e. The minimum absolute atomic E-state index is 0.531. The van der Waals surface area contributed by atoms with E-state index in [-0.39, 0.29) is 0 Å². The summed E-state index contributed by atoms with van der Waals surface area (Å²) in [6.07, 6.45) is 8.67. The third kappa shape index (κ3) is 3.60. The maximum Gasteiger partial charge on any atom is 0.0386 e. The van der Waals surface area contributed by atoms with Crippen molar-refractivity contribution in [3.63, 3.8) is 0 Å². The molecule has 1 atom stereocenters. The Morgan fingerprint density at radius 2 is 2.06 bits per heavy atom. The quantitative estimate of drug-likeness (QED) is 0.767. The molecule has 2 heteroatoms. The lowest BCUT2D eigenvalue weighted by Gasteiger charge is -2.18. The summed E-state index contributed by atoms with van der Waals surface area (Å²) in [5.74, 6) is 0.921. The monoisotopic (exact) mass is 237 g/mol. The summed E-state index contributed by atoms with van der Waals surface area (Å²) in [4.78, 5) is 1.47. The van der Waals surface area contributed by atoms with Crippen LogP contribution in [-0.4, -0.2) is 6.54 Å². The van der Waals surface area contributed by atoms with Crippen LogP contribution < -0.4 is 5.32 Å². The Bertz CT molecular complexity index is 273. The lowest BCUT2D eigenvalue weighted by atomic mass is 10.00. The summed E-state index contributed by atoms with van der Waals surface area (Å²) >= 11 is 1.86. The molecule has 0 aromatic carbocycles. The van der Waals surface area contributed by atoms with E-state index in [1.807, 2.05) is 11.3 Å². The van der Waals surface area contributed by atoms with Crippen LogP contribution in [0.5, 0.6) is 0 Å². The molecule has 1 aliphatic rings.